The molecule has 2 atom stereocenters. The summed E-state index contributed by atoms with van der Waals surface area (Å²) in [5.41, 5.74) is 7.66. The van der Waals surface area contributed by atoms with Gasteiger partial charge >= 0.3 is 0 Å². The Bertz CT molecular complexity index is 445. The van der Waals surface area contributed by atoms with Crippen molar-refractivity contribution in [2.24, 2.45) is 11.7 Å². The van der Waals surface area contributed by atoms with Gasteiger partial charge in [0, 0.05) is 23.7 Å². The summed E-state index contributed by atoms with van der Waals surface area (Å²) in [6, 6.07) is 5.86. The number of ether oxygens (including phenoxy) is 1. The number of rotatable bonds is 3. The Balaban J connectivity index is 2.03. The van der Waals surface area contributed by atoms with Crippen molar-refractivity contribution < 1.29 is 9.53 Å². The molecular formula is C14H20N2O2. The van der Waals surface area contributed by atoms with E-state index in [-0.39, 0.29) is 17.9 Å². The van der Waals surface area contributed by atoms with Gasteiger partial charge in [0.1, 0.15) is 5.75 Å². The molecule has 1 aromatic rings. The summed E-state index contributed by atoms with van der Waals surface area (Å²) in [4.78, 5) is 12.0. The van der Waals surface area contributed by atoms with E-state index in [1.54, 1.807) is 7.11 Å². The Labute approximate surface area is 108 Å². The van der Waals surface area contributed by atoms with Crippen molar-refractivity contribution in [1.29, 1.82) is 0 Å². The zero-order valence-corrected chi connectivity index (χ0v) is 10.9. The molecule has 1 aromatic carbocycles. The molecule has 4 nitrogen and oxygen atoms in total. The summed E-state index contributed by atoms with van der Waals surface area (Å²) in [6.07, 6.45) is 2.61. The lowest BCUT2D eigenvalue weighted by Gasteiger charge is -2.12. The van der Waals surface area contributed by atoms with Crippen LogP contribution in [0.3, 0.4) is 0 Å². The van der Waals surface area contributed by atoms with Crippen LogP contribution in [0.5, 0.6) is 5.75 Å². The lowest BCUT2D eigenvalue weighted by Crippen LogP contribution is -2.23. The highest BCUT2D eigenvalue weighted by Crippen LogP contribution is 2.27. The molecule has 1 fully saturated rings. The summed E-state index contributed by atoms with van der Waals surface area (Å²) in [5, 5.41) is 2.93. The largest absolute Gasteiger partial charge is 0.496 e. The van der Waals surface area contributed by atoms with E-state index in [1.807, 2.05) is 25.1 Å². The van der Waals surface area contributed by atoms with Gasteiger partial charge in [0.05, 0.1) is 7.11 Å². The fourth-order valence-electron chi connectivity index (χ4n) is 2.40. The molecule has 0 aromatic heterocycles. The highest BCUT2D eigenvalue weighted by molar-refractivity contribution is 5.93. The Morgan fingerprint density at radius 2 is 2.22 bits per heavy atom. The molecule has 1 saturated carbocycles. The molecular weight excluding hydrogens is 228 g/mol. The summed E-state index contributed by atoms with van der Waals surface area (Å²) < 4.78 is 5.24. The van der Waals surface area contributed by atoms with Gasteiger partial charge in [-0.15, -0.1) is 0 Å². The smallest absolute Gasteiger partial charge is 0.227 e. The first-order valence-electron chi connectivity index (χ1n) is 6.31. The van der Waals surface area contributed by atoms with Crippen LogP contribution in [0, 0.1) is 12.8 Å². The fourth-order valence-corrected chi connectivity index (χ4v) is 2.40. The molecule has 0 radical (unpaired) electrons. The number of nitrogens with one attached hydrogen (secondary N) is 1. The molecule has 4 heteroatoms. The zero-order chi connectivity index (χ0) is 13.1. The lowest BCUT2D eigenvalue weighted by molar-refractivity contribution is -0.119. The van der Waals surface area contributed by atoms with Crippen LogP contribution in [0.4, 0.5) is 5.69 Å². The second kappa shape index (κ2) is 5.40. The first-order valence-corrected chi connectivity index (χ1v) is 6.31. The molecule has 0 aliphatic heterocycles. The van der Waals surface area contributed by atoms with Crippen LogP contribution in [0.1, 0.15) is 24.8 Å². The van der Waals surface area contributed by atoms with E-state index >= 15 is 0 Å². The average Bonchev–Trinajstić information content (AvgIpc) is 2.78. The van der Waals surface area contributed by atoms with Crippen LogP contribution in [-0.4, -0.2) is 19.1 Å². The molecule has 3 N–H and O–H groups in total. The SMILES string of the molecule is COc1cc(NC(=O)[C@@H]2CC[C@H](N)C2)ccc1C. The zero-order valence-electron chi connectivity index (χ0n) is 10.9. The van der Waals surface area contributed by atoms with Crippen LogP contribution in [-0.2, 0) is 4.79 Å². The minimum atomic E-state index is 0.0484. The monoisotopic (exact) mass is 248 g/mol. The van der Waals surface area contributed by atoms with Gasteiger partial charge in [-0.05, 0) is 37.8 Å². The second-order valence-electron chi connectivity index (χ2n) is 4.94. The quantitative estimate of drug-likeness (QED) is 0.860. The van der Waals surface area contributed by atoms with E-state index in [1.165, 1.54) is 0 Å². The topological polar surface area (TPSA) is 64.3 Å². The predicted molar refractivity (Wildman–Crippen MR) is 71.7 cm³/mol. The standard InChI is InChI=1S/C14H20N2O2/c1-9-3-6-12(8-13(9)18-2)16-14(17)10-4-5-11(15)7-10/h3,6,8,10-11H,4-5,7,15H2,1-2H3,(H,16,17)/t10-,11+/m1/s1. The molecule has 1 aliphatic carbocycles. The van der Waals surface area contributed by atoms with E-state index in [9.17, 15) is 4.79 Å². The maximum atomic E-state index is 12.0. The maximum Gasteiger partial charge on any atom is 0.227 e. The van der Waals surface area contributed by atoms with E-state index in [2.05, 4.69) is 5.32 Å². The first-order chi connectivity index (χ1) is 8.60. The molecule has 18 heavy (non-hydrogen) atoms. The van der Waals surface area contributed by atoms with Gasteiger partial charge in [0.15, 0.2) is 0 Å². The van der Waals surface area contributed by atoms with Crippen LogP contribution in [0.2, 0.25) is 0 Å². The number of nitrogens with two attached hydrogens (primary N) is 1. The molecule has 0 spiro atoms. The van der Waals surface area contributed by atoms with Gasteiger partial charge in [0.2, 0.25) is 5.91 Å². The molecule has 1 aliphatic rings. The maximum absolute atomic E-state index is 12.0. The lowest BCUT2D eigenvalue weighted by atomic mass is 10.1. The summed E-state index contributed by atoms with van der Waals surface area (Å²) in [6.45, 7) is 1.97. The van der Waals surface area contributed by atoms with Crippen molar-refractivity contribution in [3.63, 3.8) is 0 Å². The minimum Gasteiger partial charge on any atom is -0.496 e. The average molecular weight is 248 g/mol. The molecule has 0 heterocycles. The van der Waals surface area contributed by atoms with Crippen molar-refractivity contribution in [1.82, 2.24) is 0 Å². The Morgan fingerprint density at radius 1 is 1.44 bits per heavy atom. The van der Waals surface area contributed by atoms with Gasteiger partial charge < -0.3 is 15.8 Å². The number of carbonyl (C=O) groups is 1. The number of methoxy groups -OCH3 is 1. The van der Waals surface area contributed by atoms with Crippen LogP contribution >= 0.6 is 0 Å². The van der Waals surface area contributed by atoms with Gasteiger partial charge in [-0.2, -0.15) is 0 Å². The van der Waals surface area contributed by atoms with Crippen molar-refractivity contribution in [3.8, 4) is 5.75 Å². The predicted octanol–water partition coefficient (Wildman–Crippen LogP) is 2.07. The molecule has 0 unspecified atom stereocenters. The van der Waals surface area contributed by atoms with E-state index < -0.39 is 0 Å². The number of amides is 1. The fraction of sp³-hybridized carbons (Fsp3) is 0.500. The molecule has 1 amide bonds. The third-order valence-electron chi connectivity index (χ3n) is 3.52. The van der Waals surface area contributed by atoms with Crippen LogP contribution in [0.25, 0.3) is 0 Å². The highest BCUT2D eigenvalue weighted by Gasteiger charge is 2.27. The summed E-state index contributed by atoms with van der Waals surface area (Å²) in [7, 11) is 1.63. The number of hydrogen-bond acceptors (Lipinski definition) is 3. The van der Waals surface area contributed by atoms with Crippen molar-refractivity contribution >= 4 is 11.6 Å². The molecule has 98 valence electrons. The van der Waals surface area contributed by atoms with Crippen molar-refractivity contribution in [3.05, 3.63) is 23.8 Å². The third kappa shape index (κ3) is 2.82. The molecule has 2 rings (SSSR count). The van der Waals surface area contributed by atoms with E-state index in [4.69, 9.17) is 10.5 Å². The minimum absolute atomic E-state index is 0.0484. The van der Waals surface area contributed by atoms with Gasteiger partial charge in [-0.3, -0.25) is 4.79 Å². The number of carbonyl (C=O) groups excluding carboxylic acids is 1. The molecule has 0 saturated heterocycles. The highest BCUT2D eigenvalue weighted by atomic mass is 16.5. The van der Waals surface area contributed by atoms with Crippen molar-refractivity contribution in [2.75, 3.05) is 12.4 Å². The number of hydrogen-bond donors (Lipinski definition) is 2. The van der Waals surface area contributed by atoms with E-state index in [0.29, 0.717) is 0 Å². The Hall–Kier alpha value is -1.55. The Morgan fingerprint density at radius 3 is 2.83 bits per heavy atom. The second-order valence-corrected chi connectivity index (χ2v) is 4.94. The summed E-state index contributed by atoms with van der Waals surface area (Å²) in [5.74, 6) is 0.900. The van der Waals surface area contributed by atoms with Crippen molar-refractivity contribution in [2.45, 2.75) is 32.2 Å². The normalized spacial score (nSPS) is 22.8. The van der Waals surface area contributed by atoms with E-state index in [0.717, 1.165) is 36.3 Å². The Kier molecular flexibility index (Phi) is 3.87. The van der Waals surface area contributed by atoms with Crippen LogP contribution in [0.15, 0.2) is 18.2 Å². The van der Waals surface area contributed by atoms with Gasteiger partial charge in [0.25, 0.3) is 0 Å². The van der Waals surface area contributed by atoms with Gasteiger partial charge in [-0.25, -0.2) is 0 Å². The van der Waals surface area contributed by atoms with Gasteiger partial charge in [-0.1, -0.05) is 6.07 Å². The first kappa shape index (κ1) is 12.9. The third-order valence-corrected chi connectivity index (χ3v) is 3.52. The summed E-state index contributed by atoms with van der Waals surface area (Å²) >= 11 is 0. The molecule has 0 bridgehead atoms. The number of aryl methyl sites for hydroxylation is 1. The van der Waals surface area contributed by atoms with Crippen LogP contribution < -0.4 is 15.8 Å². The number of benzene rings is 1. The number of anilines is 1.